The molecule has 1 aromatic carbocycles. The van der Waals surface area contributed by atoms with Crippen LogP contribution in [-0.4, -0.2) is 47.8 Å². The number of fused-ring (bicyclic) bond motifs is 1. The lowest BCUT2D eigenvalue weighted by atomic mass is 10.1. The average molecular weight is 401 g/mol. The summed E-state index contributed by atoms with van der Waals surface area (Å²) in [6, 6.07) is 2.49. The Balaban J connectivity index is 1.95. The summed E-state index contributed by atoms with van der Waals surface area (Å²) in [5.74, 6) is -2.44. The zero-order chi connectivity index (χ0) is 19.6. The van der Waals surface area contributed by atoms with Crippen molar-refractivity contribution in [2.45, 2.75) is 26.8 Å². The number of nitrogens with one attached hydrogen (secondary N) is 1. The van der Waals surface area contributed by atoms with Crippen LogP contribution >= 0.6 is 23.2 Å². The molecule has 0 aliphatic carbocycles. The molecule has 0 fully saturated rings. The van der Waals surface area contributed by atoms with Crippen molar-refractivity contribution in [2.75, 3.05) is 13.2 Å². The number of rotatable bonds is 6. The maximum Gasteiger partial charge on any atom is 0.326 e. The van der Waals surface area contributed by atoms with E-state index in [1.54, 1.807) is 0 Å². The molecule has 0 saturated heterocycles. The average Bonchev–Trinajstić information content (AvgIpc) is 2.78. The van der Waals surface area contributed by atoms with Gasteiger partial charge in [-0.2, -0.15) is 0 Å². The Hall–Kier alpha value is -2.12. The molecular weight excluding hydrogens is 383 g/mol. The molecule has 0 bridgehead atoms. The third kappa shape index (κ3) is 4.34. The van der Waals surface area contributed by atoms with Gasteiger partial charge in [-0.3, -0.25) is 24.1 Å². The van der Waals surface area contributed by atoms with E-state index in [1.807, 2.05) is 20.8 Å². The van der Waals surface area contributed by atoms with Gasteiger partial charge in [-0.15, -0.1) is 0 Å². The standard InChI is InChI=1S/C17H18Cl2N2O5/c1-8(2)9(3)20-14(22)7-26-15(23)6-21-16(24)10-4-12(18)13(19)5-11(10)17(21)25/h4-5,8-9H,6-7H2,1-3H3,(H,20,22)/t9-/m1/s1. The molecule has 140 valence electrons. The highest BCUT2D eigenvalue weighted by Crippen LogP contribution is 2.31. The number of ether oxygens (including phenoxy) is 1. The van der Waals surface area contributed by atoms with Gasteiger partial charge in [0, 0.05) is 6.04 Å². The molecule has 7 nitrogen and oxygen atoms in total. The minimum atomic E-state index is -0.871. The van der Waals surface area contributed by atoms with E-state index < -0.39 is 36.8 Å². The van der Waals surface area contributed by atoms with Crippen molar-refractivity contribution in [3.63, 3.8) is 0 Å². The van der Waals surface area contributed by atoms with Gasteiger partial charge in [0.15, 0.2) is 6.61 Å². The first-order chi connectivity index (χ1) is 12.1. The number of benzene rings is 1. The van der Waals surface area contributed by atoms with Crippen LogP contribution in [0.5, 0.6) is 0 Å². The highest BCUT2D eigenvalue weighted by atomic mass is 35.5. The smallest absolute Gasteiger partial charge is 0.326 e. The van der Waals surface area contributed by atoms with E-state index in [0.717, 1.165) is 4.90 Å². The fourth-order valence-electron chi connectivity index (χ4n) is 2.21. The summed E-state index contributed by atoms with van der Waals surface area (Å²) in [5.41, 5.74) is 0.140. The molecule has 1 aliphatic rings. The Morgan fingerprint density at radius 2 is 1.58 bits per heavy atom. The van der Waals surface area contributed by atoms with Gasteiger partial charge in [0.25, 0.3) is 17.7 Å². The summed E-state index contributed by atoms with van der Waals surface area (Å²) < 4.78 is 4.84. The first-order valence-corrected chi connectivity index (χ1v) is 8.67. The van der Waals surface area contributed by atoms with Crippen LogP contribution in [0.1, 0.15) is 41.5 Å². The SMILES string of the molecule is CC(C)[C@@H](C)NC(=O)COC(=O)CN1C(=O)c2cc(Cl)c(Cl)cc2C1=O. The fraction of sp³-hybridized carbons (Fsp3) is 0.412. The molecule has 0 saturated carbocycles. The zero-order valence-electron chi connectivity index (χ0n) is 14.5. The van der Waals surface area contributed by atoms with Crippen molar-refractivity contribution in [2.24, 2.45) is 5.92 Å². The van der Waals surface area contributed by atoms with E-state index in [-0.39, 0.29) is 33.1 Å². The highest BCUT2D eigenvalue weighted by molar-refractivity contribution is 6.43. The molecule has 0 unspecified atom stereocenters. The van der Waals surface area contributed by atoms with Gasteiger partial charge >= 0.3 is 5.97 Å². The topological polar surface area (TPSA) is 92.8 Å². The van der Waals surface area contributed by atoms with Gasteiger partial charge in [-0.05, 0) is 25.0 Å². The van der Waals surface area contributed by atoms with Crippen LogP contribution in [0.2, 0.25) is 10.0 Å². The van der Waals surface area contributed by atoms with Gasteiger partial charge in [-0.25, -0.2) is 0 Å². The van der Waals surface area contributed by atoms with Gasteiger partial charge in [0.2, 0.25) is 0 Å². The minimum absolute atomic E-state index is 0.0701. The largest absolute Gasteiger partial charge is 0.454 e. The van der Waals surface area contributed by atoms with Gasteiger partial charge in [0.1, 0.15) is 6.54 Å². The molecule has 0 aromatic heterocycles. The lowest BCUT2D eigenvalue weighted by molar-refractivity contribution is -0.148. The fourth-order valence-corrected chi connectivity index (χ4v) is 2.54. The van der Waals surface area contributed by atoms with Crippen LogP contribution in [0.25, 0.3) is 0 Å². The number of nitrogens with zero attached hydrogens (tertiary/aromatic N) is 1. The molecule has 1 heterocycles. The van der Waals surface area contributed by atoms with E-state index in [2.05, 4.69) is 5.32 Å². The molecule has 1 aliphatic heterocycles. The number of esters is 1. The van der Waals surface area contributed by atoms with Crippen molar-refractivity contribution in [1.29, 1.82) is 0 Å². The Morgan fingerprint density at radius 3 is 2.04 bits per heavy atom. The Morgan fingerprint density at radius 1 is 1.08 bits per heavy atom. The van der Waals surface area contributed by atoms with Crippen molar-refractivity contribution in [3.05, 3.63) is 33.3 Å². The normalized spacial score (nSPS) is 14.5. The quantitative estimate of drug-likeness (QED) is 0.583. The van der Waals surface area contributed by atoms with Crippen molar-refractivity contribution >= 4 is 46.9 Å². The Bertz CT molecular complexity index is 738. The van der Waals surface area contributed by atoms with E-state index in [0.29, 0.717) is 0 Å². The van der Waals surface area contributed by atoms with Gasteiger partial charge < -0.3 is 10.1 Å². The minimum Gasteiger partial charge on any atom is -0.454 e. The lowest BCUT2D eigenvalue weighted by Gasteiger charge is -2.17. The summed E-state index contributed by atoms with van der Waals surface area (Å²) in [7, 11) is 0. The summed E-state index contributed by atoms with van der Waals surface area (Å²) in [6.45, 7) is 4.63. The van der Waals surface area contributed by atoms with Crippen LogP contribution in [-0.2, 0) is 14.3 Å². The molecule has 9 heteroatoms. The molecule has 0 spiro atoms. The third-order valence-electron chi connectivity index (χ3n) is 4.05. The molecule has 3 amide bonds. The van der Waals surface area contributed by atoms with Crippen LogP contribution < -0.4 is 5.32 Å². The third-order valence-corrected chi connectivity index (χ3v) is 4.77. The lowest BCUT2D eigenvalue weighted by Crippen LogP contribution is -2.40. The second-order valence-corrected chi connectivity index (χ2v) is 7.08. The number of carbonyl (C=O) groups excluding carboxylic acids is 4. The van der Waals surface area contributed by atoms with Crippen LogP contribution in [0.4, 0.5) is 0 Å². The second kappa shape index (κ2) is 8.05. The number of halogens is 2. The van der Waals surface area contributed by atoms with E-state index >= 15 is 0 Å². The second-order valence-electron chi connectivity index (χ2n) is 6.27. The molecule has 26 heavy (non-hydrogen) atoms. The number of amides is 3. The molecule has 1 N–H and O–H groups in total. The molecule has 1 aromatic rings. The summed E-state index contributed by atoms with van der Waals surface area (Å²) in [6.07, 6.45) is 0. The number of carbonyl (C=O) groups is 4. The number of hydrogen-bond acceptors (Lipinski definition) is 5. The van der Waals surface area contributed by atoms with E-state index in [4.69, 9.17) is 27.9 Å². The molecule has 0 radical (unpaired) electrons. The van der Waals surface area contributed by atoms with Crippen molar-refractivity contribution in [1.82, 2.24) is 10.2 Å². The van der Waals surface area contributed by atoms with E-state index in [9.17, 15) is 19.2 Å². The molecule has 2 rings (SSSR count). The predicted molar refractivity (Wildman–Crippen MR) is 95.2 cm³/mol. The van der Waals surface area contributed by atoms with Crippen molar-refractivity contribution < 1.29 is 23.9 Å². The van der Waals surface area contributed by atoms with Crippen LogP contribution in [0, 0.1) is 5.92 Å². The maximum absolute atomic E-state index is 12.3. The van der Waals surface area contributed by atoms with E-state index in [1.165, 1.54) is 12.1 Å². The summed E-state index contributed by atoms with van der Waals surface area (Å²) in [5, 5.41) is 2.94. The summed E-state index contributed by atoms with van der Waals surface area (Å²) in [4.78, 5) is 48.9. The Kier molecular flexibility index (Phi) is 6.26. The van der Waals surface area contributed by atoms with Crippen molar-refractivity contribution in [3.8, 4) is 0 Å². The summed E-state index contributed by atoms with van der Waals surface area (Å²) >= 11 is 11.7. The maximum atomic E-state index is 12.3. The highest BCUT2D eigenvalue weighted by Gasteiger charge is 2.37. The van der Waals surface area contributed by atoms with Crippen LogP contribution in [0.3, 0.4) is 0 Å². The Labute approximate surface area is 160 Å². The van der Waals surface area contributed by atoms with Crippen LogP contribution in [0.15, 0.2) is 12.1 Å². The monoisotopic (exact) mass is 400 g/mol. The van der Waals surface area contributed by atoms with Gasteiger partial charge in [-0.1, -0.05) is 37.0 Å². The van der Waals surface area contributed by atoms with Gasteiger partial charge in [0.05, 0.1) is 21.2 Å². The number of imide groups is 1. The molecule has 1 atom stereocenters. The number of hydrogen-bond donors (Lipinski definition) is 1. The first kappa shape index (κ1) is 20.2. The first-order valence-electron chi connectivity index (χ1n) is 7.92. The predicted octanol–water partition coefficient (Wildman–Crippen LogP) is 2.29. The zero-order valence-corrected chi connectivity index (χ0v) is 16.0. The molecular formula is C17H18Cl2N2O5.